The summed E-state index contributed by atoms with van der Waals surface area (Å²) < 4.78 is 32.2. The lowest BCUT2D eigenvalue weighted by atomic mass is 9.84. The summed E-state index contributed by atoms with van der Waals surface area (Å²) in [5.41, 5.74) is 0. The number of esters is 2. The maximum atomic E-state index is 13.7. The molecular weight excluding hydrogens is 546 g/mol. The standard InChI is InChI=1S/C35H61NO7/c1-9-11-25(36(7)8)19-27-13-15-29(39-27)21(3)33-22(4)30-17-18-32(42-30)24(6)34(37)41-26(12-10-2)20-28-14-16-31(40-28)23(5)35(38)43-33/h21-33H,9-20H2,1-8H3/t21-,22+,23+,24-,25-,26+,27+,28+,29-,30+,31-,32-,33+/m1/s1. The lowest BCUT2D eigenvalue weighted by Crippen LogP contribution is -2.44. The van der Waals surface area contributed by atoms with Gasteiger partial charge in [-0.25, -0.2) is 0 Å². The molecule has 0 aromatic carbocycles. The first-order chi connectivity index (χ1) is 20.5. The van der Waals surface area contributed by atoms with Gasteiger partial charge in [-0.05, 0) is 85.7 Å². The third kappa shape index (κ3) is 8.74. The molecule has 0 aromatic heterocycles. The largest absolute Gasteiger partial charge is 0.462 e. The van der Waals surface area contributed by atoms with Gasteiger partial charge in [0.25, 0.3) is 0 Å². The van der Waals surface area contributed by atoms with Gasteiger partial charge in [0.1, 0.15) is 12.2 Å². The van der Waals surface area contributed by atoms with Crippen LogP contribution in [0.2, 0.25) is 0 Å². The van der Waals surface area contributed by atoms with Crippen LogP contribution in [0.15, 0.2) is 0 Å². The van der Waals surface area contributed by atoms with Crippen molar-refractivity contribution in [3.8, 4) is 0 Å². The van der Waals surface area contributed by atoms with Crippen molar-refractivity contribution < 1.29 is 33.3 Å². The molecule has 0 radical (unpaired) electrons. The van der Waals surface area contributed by atoms with Crippen LogP contribution in [-0.2, 0) is 33.3 Å². The Morgan fingerprint density at radius 3 is 2.09 bits per heavy atom. The number of carbonyl (C=O) groups is 2. The third-order valence-electron chi connectivity index (χ3n) is 11.0. The smallest absolute Gasteiger partial charge is 0.311 e. The molecule has 4 fully saturated rings. The highest BCUT2D eigenvalue weighted by molar-refractivity contribution is 5.73. The van der Waals surface area contributed by atoms with Gasteiger partial charge >= 0.3 is 11.9 Å². The fourth-order valence-corrected chi connectivity index (χ4v) is 8.01. The number of cyclic esters (lactones) is 2. The maximum Gasteiger partial charge on any atom is 0.311 e. The summed E-state index contributed by atoms with van der Waals surface area (Å²) in [6, 6.07) is 0.509. The lowest BCUT2D eigenvalue weighted by Gasteiger charge is -2.36. The zero-order chi connectivity index (χ0) is 31.3. The number of hydrogen-bond donors (Lipinski definition) is 0. The topological polar surface area (TPSA) is 83.5 Å². The van der Waals surface area contributed by atoms with E-state index in [-0.39, 0.29) is 84.4 Å². The number of rotatable bonds is 9. The maximum absolute atomic E-state index is 13.7. The summed E-state index contributed by atoms with van der Waals surface area (Å²) in [5.74, 6) is -1.08. The van der Waals surface area contributed by atoms with E-state index in [1.807, 2.05) is 13.8 Å². The average Bonchev–Trinajstić information content (AvgIpc) is 3.75. The van der Waals surface area contributed by atoms with Crippen LogP contribution in [0.25, 0.3) is 0 Å². The molecule has 0 unspecified atom stereocenters. The first-order valence-corrected chi connectivity index (χ1v) is 17.6. The third-order valence-corrected chi connectivity index (χ3v) is 11.0. The van der Waals surface area contributed by atoms with Gasteiger partial charge in [0.15, 0.2) is 0 Å². The van der Waals surface area contributed by atoms with Gasteiger partial charge < -0.3 is 28.6 Å². The molecule has 0 aliphatic carbocycles. The van der Waals surface area contributed by atoms with Crippen molar-refractivity contribution in [3.63, 3.8) is 0 Å². The summed E-state index contributed by atoms with van der Waals surface area (Å²) >= 11 is 0. The van der Waals surface area contributed by atoms with E-state index >= 15 is 0 Å². The molecule has 8 heteroatoms. The van der Waals surface area contributed by atoms with E-state index in [4.69, 9.17) is 23.7 Å². The summed E-state index contributed by atoms with van der Waals surface area (Å²) in [6.45, 7) is 12.6. The molecule has 4 saturated heterocycles. The van der Waals surface area contributed by atoms with Crippen LogP contribution in [0.5, 0.6) is 0 Å². The van der Waals surface area contributed by atoms with E-state index < -0.39 is 0 Å². The fourth-order valence-electron chi connectivity index (χ4n) is 8.01. The van der Waals surface area contributed by atoms with Crippen molar-refractivity contribution in [1.82, 2.24) is 4.90 Å². The van der Waals surface area contributed by atoms with Crippen LogP contribution in [0.1, 0.15) is 119 Å². The first kappa shape index (κ1) is 34.6. The summed E-state index contributed by atoms with van der Waals surface area (Å²) in [5, 5.41) is 0. The molecule has 4 heterocycles. The summed E-state index contributed by atoms with van der Waals surface area (Å²) in [4.78, 5) is 29.3. The van der Waals surface area contributed by atoms with E-state index in [1.165, 1.54) is 0 Å². The van der Waals surface area contributed by atoms with Crippen molar-refractivity contribution >= 4 is 11.9 Å². The van der Waals surface area contributed by atoms with E-state index in [0.29, 0.717) is 12.5 Å². The second-order valence-corrected chi connectivity index (χ2v) is 14.5. The van der Waals surface area contributed by atoms with Gasteiger partial charge in [0.05, 0.1) is 48.5 Å². The minimum atomic E-state index is -0.364. The van der Waals surface area contributed by atoms with Crippen LogP contribution < -0.4 is 0 Å². The van der Waals surface area contributed by atoms with Crippen molar-refractivity contribution in [1.29, 1.82) is 0 Å². The molecule has 4 rings (SSSR count). The lowest BCUT2D eigenvalue weighted by molar-refractivity contribution is -0.175. The second-order valence-electron chi connectivity index (χ2n) is 14.5. The zero-order valence-electron chi connectivity index (χ0n) is 28.3. The molecule has 43 heavy (non-hydrogen) atoms. The Morgan fingerprint density at radius 2 is 1.42 bits per heavy atom. The quantitative estimate of drug-likeness (QED) is 0.282. The number of nitrogens with zero attached hydrogens (tertiary/aromatic N) is 1. The van der Waals surface area contributed by atoms with E-state index in [1.54, 1.807) is 0 Å². The van der Waals surface area contributed by atoms with E-state index in [9.17, 15) is 9.59 Å². The Hall–Kier alpha value is -1.22. The van der Waals surface area contributed by atoms with Gasteiger partial charge in [0, 0.05) is 24.3 Å². The van der Waals surface area contributed by atoms with Gasteiger partial charge in [-0.3, -0.25) is 9.59 Å². The Bertz CT molecular complexity index is 897. The fraction of sp³-hybridized carbons (Fsp3) is 0.943. The van der Waals surface area contributed by atoms with E-state index in [0.717, 1.165) is 70.6 Å². The zero-order valence-corrected chi connectivity index (χ0v) is 28.3. The second kappa shape index (κ2) is 15.9. The molecule has 0 N–H and O–H groups in total. The normalized spacial score (nSPS) is 40.8. The predicted molar refractivity (Wildman–Crippen MR) is 167 cm³/mol. The Balaban J connectivity index is 1.51. The monoisotopic (exact) mass is 607 g/mol. The summed E-state index contributed by atoms with van der Waals surface area (Å²) in [6.07, 6.45) is 10.3. The van der Waals surface area contributed by atoms with Gasteiger partial charge in [-0.1, -0.05) is 40.5 Å². The molecular formula is C35H61NO7. The molecule has 4 aliphatic rings. The molecule has 0 saturated carbocycles. The number of hydrogen-bond acceptors (Lipinski definition) is 8. The SMILES string of the molecule is CCC[C@H]1C[C@@H]2CC[C@@H](O2)[C@H](C)C(=O)O[C@@H]([C@H](C)[C@H]2CC[C@@H](C[C@@H](CCC)N(C)C)O2)[C@@H](C)[C@@H]2CC[C@@H](O2)[C@@H](C)C(=O)O1. The molecule has 0 amide bonds. The van der Waals surface area contributed by atoms with Crippen LogP contribution in [-0.4, -0.2) is 85.8 Å². The number of ether oxygens (including phenoxy) is 5. The minimum absolute atomic E-state index is 0.0175. The molecule has 8 nitrogen and oxygen atoms in total. The Labute approximate surface area is 261 Å². The van der Waals surface area contributed by atoms with Crippen LogP contribution >= 0.6 is 0 Å². The van der Waals surface area contributed by atoms with Gasteiger partial charge in [-0.2, -0.15) is 0 Å². The Kier molecular flexibility index (Phi) is 12.8. The molecule has 0 spiro atoms. The Morgan fingerprint density at radius 1 is 0.767 bits per heavy atom. The predicted octanol–water partition coefficient (Wildman–Crippen LogP) is 6.32. The molecule has 248 valence electrons. The molecule has 13 atom stereocenters. The molecule has 4 bridgehead atoms. The number of fused-ring (bicyclic) bond motifs is 4. The van der Waals surface area contributed by atoms with Crippen LogP contribution in [0.4, 0.5) is 0 Å². The average molecular weight is 608 g/mol. The van der Waals surface area contributed by atoms with E-state index in [2.05, 4.69) is 46.7 Å². The van der Waals surface area contributed by atoms with Crippen molar-refractivity contribution in [2.75, 3.05) is 14.1 Å². The minimum Gasteiger partial charge on any atom is -0.462 e. The highest BCUT2D eigenvalue weighted by Crippen LogP contribution is 2.39. The van der Waals surface area contributed by atoms with Crippen molar-refractivity contribution in [2.24, 2.45) is 23.7 Å². The van der Waals surface area contributed by atoms with Crippen molar-refractivity contribution in [2.45, 2.75) is 173 Å². The van der Waals surface area contributed by atoms with Gasteiger partial charge in [-0.15, -0.1) is 0 Å². The highest BCUT2D eigenvalue weighted by Gasteiger charge is 2.46. The molecule has 4 aliphatic heterocycles. The molecule has 0 aromatic rings. The van der Waals surface area contributed by atoms with Crippen LogP contribution in [0.3, 0.4) is 0 Å². The first-order valence-electron chi connectivity index (χ1n) is 17.6. The van der Waals surface area contributed by atoms with Gasteiger partial charge in [0.2, 0.25) is 0 Å². The van der Waals surface area contributed by atoms with Crippen molar-refractivity contribution in [3.05, 3.63) is 0 Å². The van der Waals surface area contributed by atoms with Crippen LogP contribution in [0, 0.1) is 23.7 Å². The highest BCUT2D eigenvalue weighted by atomic mass is 16.6. The number of carbonyl (C=O) groups excluding carboxylic acids is 2. The summed E-state index contributed by atoms with van der Waals surface area (Å²) in [7, 11) is 4.32.